The second-order valence-corrected chi connectivity index (χ2v) is 6.71. The fourth-order valence-corrected chi connectivity index (χ4v) is 3.68. The molecule has 5 heteroatoms. The maximum absolute atomic E-state index is 6.09. The van der Waals surface area contributed by atoms with Crippen molar-refractivity contribution in [2.75, 3.05) is 13.1 Å². The highest BCUT2D eigenvalue weighted by atomic mass is 35.5. The van der Waals surface area contributed by atoms with Crippen LogP contribution >= 0.6 is 11.6 Å². The van der Waals surface area contributed by atoms with Crippen molar-refractivity contribution in [3.63, 3.8) is 0 Å². The van der Waals surface area contributed by atoms with Gasteiger partial charge in [0.1, 0.15) is 0 Å². The maximum atomic E-state index is 6.09. The molecule has 0 saturated heterocycles. The minimum absolute atomic E-state index is 0.235. The number of halogens is 1. The number of nitrogens with one attached hydrogen (secondary N) is 2. The van der Waals surface area contributed by atoms with Gasteiger partial charge in [-0.15, -0.1) is 0 Å². The minimum atomic E-state index is 0.235. The van der Waals surface area contributed by atoms with Gasteiger partial charge in [-0.2, -0.15) is 0 Å². The summed E-state index contributed by atoms with van der Waals surface area (Å²) < 4.78 is 0. The van der Waals surface area contributed by atoms with Crippen molar-refractivity contribution in [1.29, 1.82) is 0 Å². The molecule has 2 aliphatic rings. The van der Waals surface area contributed by atoms with E-state index in [2.05, 4.69) is 38.9 Å². The number of hydrogen-bond donors (Lipinski definition) is 2. The van der Waals surface area contributed by atoms with Crippen molar-refractivity contribution in [3.8, 4) is 0 Å². The molecule has 2 aromatic rings. The van der Waals surface area contributed by atoms with Crippen LogP contribution in [0.3, 0.4) is 0 Å². The molecular weight excluding hydrogens is 320 g/mol. The number of aromatic nitrogens is 1. The first kappa shape index (κ1) is 15.6. The summed E-state index contributed by atoms with van der Waals surface area (Å²) in [5.41, 5.74) is 8.83. The van der Waals surface area contributed by atoms with E-state index in [4.69, 9.17) is 11.6 Å². The Kier molecular flexibility index (Phi) is 4.52. The summed E-state index contributed by atoms with van der Waals surface area (Å²) in [6, 6.07) is 14.5. The van der Waals surface area contributed by atoms with Crippen LogP contribution in [-0.2, 0) is 6.54 Å². The first-order valence-electron chi connectivity index (χ1n) is 8.42. The quantitative estimate of drug-likeness (QED) is 0.898. The lowest BCUT2D eigenvalue weighted by Crippen LogP contribution is -2.35. The molecule has 1 aromatic carbocycles. The van der Waals surface area contributed by atoms with E-state index in [0.717, 1.165) is 43.2 Å². The Morgan fingerprint density at radius 1 is 1.08 bits per heavy atom. The van der Waals surface area contributed by atoms with Crippen LogP contribution < -0.4 is 10.7 Å². The van der Waals surface area contributed by atoms with Gasteiger partial charge < -0.3 is 10.7 Å². The highest BCUT2D eigenvalue weighted by Gasteiger charge is 2.34. The zero-order chi connectivity index (χ0) is 16.4. The van der Waals surface area contributed by atoms with Crippen molar-refractivity contribution in [2.45, 2.75) is 25.4 Å². The minimum Gasteiger partial charge on any atom is -0.322 e. The van der Waals surface area contributed by atoms with Gasteiger partial charge in [0.05, 0.1) is 18.3 Å². The van der Waals surface area contributed by atoms with Crippen LogP contribution in [0, 0.1) is 0 Å². The Morgan fingerprint density at radius 3 is 2.71 bits per heavy atom. The molecule has 2 N–H and O–H groups in total. The normalized spacial score (nSPS) is 21.3. The number of rotatable bonds is 3. The number of benzene rings is 1. The van der Waals surface area contributed by atoms with E-state index < -0.39 is 0 Å². The van der Waals surface area contributed by atoms with Gasteiger partial charge in [0.15, 0.2) is 0 Å². The lowest BCUT2D eigenvalue weighted by atomic mass is 9.95. The molecule has 1 aromatic heterocycles. The second-order valence-electron chi connectivity index (χ2n) is 6.27. The van der Waals surface area contributed by atoms with Gasteiger partial charge in [-0.05, 0) is 48.4 Å². The topological polar surface area (TPSA) is 40.2 Å². The lowest BCUT2D eigenvalue weighted by molar-refractivity contribution is 0.176. The van der Waals surface area contributed by atoms with Crippen molar-refractivity contribution < 1.29 is 0 Å². The SMILES string of the molecule is Clc1ccc(C2C3=C(CCNCC3)NN2Cc2ccccn2)cc1. The third-order valence-electron chi connectivity index (χ3n) is 4.68. The highest BCUT2D eigenvalue weighted by molar-refractivity contribution is 6.30. The van der Waals surface area contributed by atoms with Gasteiger partial charge >= 0.3 is 0 Å². The predicted molar refractivity (Wildman–Crippen MR) is 96.2 cm³/mol. The van der Waals surface area contributed by atoms with Gasteiger partial charge in [0.2, 0.25) is 0 Å². The summed E-state index contributed by atoms with van der Waals surface area (Å²) in [7, 11) is 0. The van der Waals surface area contributed by atoms with E-state index in [0.29, 0.717) is 0 Å². The van der Waals surface area contributed by atoms with Gasteiger partial charge in [-0.3, -0.25) is 4.98 Å². The van der Waals surface area contributed by atoms with Crippen molar-refractivity contribution >= 4 is 11.6 Å². The van der Waals surface area contributed by atoms with E-state index >= 15 is 0 Å². The number of hydrazine groups is 1. The maximum Gasteiger partial charge on any atom is 0.0775 e. The summed E-state index contributed by atoms with van der Waals surface area (Å²) in [6.07, 6.45) is 3.96. The van der Waals surface area contributed by atoms with E-state index in [9.17, 15) is 0 Å². The number of pyridine rings is 1. The molecule has 2 aliphatic heterocycles. The van der Waals surface area contributed by atoms with Gasteiger partial charge in [0.25, 0.3) is 0 Å². The van der Waals surface area contributed by atoms with Crippen LogP contribution in [-0.4, -0.2) is 23.1 Å². The molecule has 3 heterocycles. The van der Waals surface area contributed by atoms with E-state index in [-0.39, 0.29) is 6.04 Å². The molecule has 124 valence electrons. The third-order valence-corrected chi connectivity index (χ3v) is 4.93. The monoisotopic (exact) mass is 340 g/mol. The van der Waals surface area contributed by atoms with Crippen LogP contribution in [0.4, 0.5) is 0 Å². The van der Waals surface area contributed by atoms with Crippen molar-refractivity contribution in [1.82, 2.24) is 20.7 Å². The molecular formula is C19H21ClN4. The molecule has 0 amide bonds. The summed E-state index contributed by atoms with van der Waals surface area (Å²) >= 11 is 6.09. The molecule has 0 aliphatic carbocycles. The van der Waals surface area contributed by atoms with Crippen LogP contribution in [0.5, 0.6) is 0 Å². The van der Waals surface area contributed by atoms with Crippen molar-refractivity contribution in [3.05, 3.63) is 76.2 Å². The van der Waals surface area contributed by atoms with Crippen LogP contribution in [0.1, 0.15) is 30.1 Å². The summed E-state index contributed by atoms with van der Waals surface area (Å²) in [6.45, 7) is 2.83. The summed E-state index contributed by atoms with van der Waals surface area (Å²) in [4.78, 5) is 4.49. The van der Waals surface area contributed by atoms with E-state index in [1.807, 2.05) is 30.5 Å². The third kappa shape index (κ3) is 3.18. The highest BCUT2D eigenvalue weighted by Crippen LogP contribution is 2.38. The average molecular weight is 341 g/mol. The van der Waals surface area contributed by atoms with Crippen molar-refractivity contribution in [2.24, 2.45) is 0 Å². The Morgan fingerprint density at radius 2 is 1.92 bits per heavy atom. The predicted octanol–water partition coefficient (Wildman–Crippen LogP) is 3.43. The fourth-order valence-electron chi connectivity index (χ4n) is 3.55. The summed E-state index contributed by atoms with van der Waals surface area (Å²) in [5.74, 6) is 0. The van der Waals surface area contributed by atoms with Crippen LogP contribution in [0.2, 0.25) is 5.02 Å². The molecule has 0 saturated carbocycles. The van der Waals surface area contributed by atoms with Gasteiger partial charge in [-0.25, -0.2) is 5.01 Å². The van der Waals surface area contributed by atoms with Gasteiger partial charge in [0, 0.05) is 29.9 Å². The molecule has 24 heavy (non-hydrogen) atoms. The Balaban J connectivity index is 1.67. The molecule has 4 nitrogen and oxygen atoms in total. The van der Waals surface area contributed by atoms with Crippen LogP contribution in [0.15, 0.2) is 59.9 Å². The van der Waals surface area contributed by atoms with Crippen LogP contribution in [0.25, 0.3) is 0 Å². The standard InChI is InChI=1S/C19H21ClN4/c20-15-6-4-14(5-7-15)19-17-8-11-21-12-9-18(17)23-24(19)13-16-3-1-2-10-22-16/h1-7,10,19,21,23H,8-9,11-13H2. The first-order valence-corrected chi connectivity index (χ1v) is 8.80. The van der Waals surface area contributed by atoms with E-state index in [1.165, 1.54) is 16.8 Å². The number of hydrogen-bond acceptors (Lipinski definition) is 4. The smallest absolute Gasteiger partial charge is 0.0775 e. The average Bonchev–Trinajstić information content (AvgIpc) is 2.78. The Labute approximate surface area is 147 Å². The molecule has 1 unspecified atom stereocenters. The summed E-state index contributed by atoms with van der Waals surface area (Å²) in [5, 5.41) is 6.57. The Bertz CT molecular complexity index is 727. The number of nitrogens with zero attached hydrogens (tertiary/aromatic N) is 2. The molecule has 4 rings (SSSR count). The zero-order valence-corrected chi connectivity index (χ0v) is 14.3. The van der Waals surface area contributed by atoms with E-state index in [1.54, 1.807) is 0 Å². The Hall–Kier alpha value is -1.88. The first-order chi connectivity index (χ1) is 11.8. The molecule has 0 spiro atoms. The fraction of sp³-hybridized carbons (Fsp3) is 0.316. The molecule has 0 bridgehead atoms. The molecule has 0 fully saturated rings. The van der Waals surface area contributed by atoms with Gasteiger partial charge in [-0.1, -0.05) is 29.8 Å². The largest absolute Gasteiger partial charge is 0.322 e. The second kappa shape index (κ2) is 6.93. The lowest BCUT2D eigenvalue weighted by Gasteiger charge is -2.27. The zero-order valence-electron chi connectivity index (χ0n) is 13.5. The molecule has 1 atom stereocenters. The molecule has 0 radical (unpaired) electrons.